The largest absolute Gasteiger partial charge is 0.321 e. The number of hydrogen-bond acceptors (Lipinski definition) is 1. The number of carbonyl (C=O) groups is 1. The average Bonchev–Trinajstić information content (AvgIpc) is 2.39. The number of amides is 1. The summed E-state index contributed by atoms with van der Waals surface area (Å²) in [6.07, 6.45) is 0. The number of anilines is 1. The zero-order valence-electron chi connectivity index (χ0n) is 8.02. The van der Waals surface area contributed by atoms with Crippen LogP contribution in [0.1, 0.15) is 19.4 Å². The van der Waals surface area contributed by atoms with Crippen molar-refractivity contribution in [3.63, 3.8) is 0 Å². The van der Waals surface area contributed by atoms with E-state index in [0.717, 1.165) is 22.4 Å². The highest BCUT2D eigenvalue weighted by atomic mass is 35.5. The van der Waals surface area contributed by atoms with Gasteiger partial charge in [-0.3, -0.25) is 4.79 Å². The Hall–Kier alpha value is -1.28. The molecule has 0 saturated heterocycles. The van der Waals surface area contributed by atoms with Crippen LogP contribution in [0, 0.1) is 0 Å². The second-order valence-electron chi connectivity index (χ2n) is 3.52. The first-order valence-corrected chi connectivity index (χ1v) is 4.76. The minimum atomic E-state index is -0.0396. The molecule has 0 bridgehead atoms. The lowest BCUT2D eigenvalue weighted by molar-refractivity contribution is -0.110. The molecule has 3 heteroatoms. The van der Waals surface area contributed by atoms with E-state index < -0.39 is 0 Å². The topological polar surface area (TPSA) is 29.1 Å². The standard InChI is InChI=1S/C11H10ClNO/c1-6(2)10-8-4-3-7(12)5-9(8)13-11(10)14/h3-5H,1-2H3,(H,13,14). The first kappa shape index (κ1) is 9.28. The van der Waals surface area contributed by atoms with Crippen molar-refractivity contribution in [1.82, 2.24) is 0 Å². The molecule has 1 aliphatic rings. The summed E-state index contributed by atoms with van der Waals surface area (Å²) in [5.41, 5.74) is 3.53. The number of allylic oxidation sites excluding steroid dienone is 1. The van der Waals surface area contributed by atoms with Gasteiger partial charge < -0.3 is 5.32 Å². The van der Waals surface area contributed by atoms with E-state index >= 15 is 0 Å². The van der Waals surface area contributed by atoms with Gasteiger partial charge in [-0.2, -0.15) is 0 Å². The fourth-order valence-electron chi connectivity index (χ4n) is 1.64. The fraction of sp³-hybridized carbons (Fsp3) is 0.182. The summed E-state index contributed by atoms with van der Waals surface area (Å²) < 4.78 is 0. The monoisotopic (exact) mass is 207 g/mol. The van der Waals surface area contributed by atoms with Crippen LogP contribution in [0.3, 0.4) is 0 Å². The van der Waals surface area contributed by atoms with E-state index in [4.69, 9.17) is 11.6 Å². The van der Waals surface area contributed by atoms with Crippen LogP contribution in [-0.4, -0.2) is 5.91 Å². The van der Waals surface area contributed by atoms with Gasteiger partial charge >= 0.3 is 0 Å². The van der Waals surface area contributed by atoms with Crippen molar-refractivity contribution in [2.24, 2.45) is 0 Å². The molecular weight excluding hydrogens is 198 g/mol. The van der Waals surface area contributed by atoms with Gasteiger partial charge in [0.2, 0.25) is 0 Å². The molecule has 0 radical (unpaired) electrons. The molecular formula is C11H10ClNO. The lowest BCUT2D eigenvalue weighted by Crippen LogP contribution is -2.04. The molecule has 0 saturated carbocycles. The zero-order valence-corrected chi connectivity index (χ0v) is 8.77. The van der Waals surface area contributed by atoms with Gasteiger partial charge in [-0.25, -0.2) is 0 Å². The Morgan fingerprint density at radius 3 is 2.71 bits per heavy atom. The first-order chi connectivity index (χ1) is 6.59. The highest BCUT2D eigenvalue weighted by Gasteiger charge is 2.24. The Morgan fingerprint density at radius 1 is 1.36 bits per heavy atom. The van der Waals surface area contributed by atoms with Crippen LogP contribution in [0.25, 0.3) is 5.57 Å². The third-order valence-corrected chi connectivity index (χ3v) is 2.46. The molecule has 1 aliphatic heterocycles. The quantitative estimate of drug-likeness (QED) is 0.651. The van der Waals surface area contributed by atoms with Crippen molar-refractivity contribution in [3.05, 3.63) is 34.4 Å². The van der Waals surface area contributed by atoms with Crippen LogP contribution >= 0.6 is 11.6 Å². The predicted molar refractivity (Wildman–Crippen MR) is 58.3 cm³/mol. The van der Waals surface area contributed by atoms with Crippen molar-refractivity contribution in [2.45, 2.75) is 13.8 Å². The van der Waals surface area contributed by atoms with Crippen molar-refractivity contribution < 1.29 is 4.79 Å². The normalized spacial score (nSPS) is 13.9. The molecule has 0 aliphatic carbocycles. The molecule has 14 heavy (non-hydrogen) atoms. The number of nitrogens with one attached hydrogen (secondary N) is 1. The van der Waals surface area contributed by atoms with E-state index in [0.29, 0.717) is 5.02 Å². The molecule has 72 valence electrons. The average molecular weight is 208 g/mol. The van der Waals surface area contributed by atoms with Gasteiger partial charge in [0.1, 0.15) is 0 Å². The van der Waals surface area contributed by atoms with Crippen LogP contribution in [0.2, 0.25) is 5.02 Å². The Balaban J connectivity index is 2.65. The molecule has 1 amide bonds. The van der Waals surface area contributed by atoms with Crippen molar-refractivity contribution in [1.29, 1.82) is 0 Å². The van der Waals surface area contributed by atoms with E-state index in [-0.39, 0.29) is 5.91 Å². The third kappa shape index (κ3) is 1.32. The molecule has 0 atom stereocenters. The van der Waals surface area contributed by atoms with Crippen LogP contribution < -0.4 is 5.32 Å². The number of benzene rings is 1. The number of hydrogen-bond donors (Lipinski definition) is 1. The molecule has 1 aromatic rings. The van der Waals surface area contributed by atoms with E-state index in [1.54, 1.807) is 12.1 Å². The molecule has 0 unspecified atom stereocenters. The van der Waals surface area contributed by atoms with E-state index in [2.05, 4.69) is 5.32 Å². The highest BCUT2D eigenvalue weighted by molar-refractivity contribution is 6.34. The minimum absolute atomic E-state index is 0.0396. The minimum Gasteiger partial charge on any atom is -0.321 e. The van der Waals surface area contributed by atoms with Crippen LogP contribution in [0.5, 0.6) is 0 Å². The smallest absolute Gasteiger partial charge is 0.256 e. The van der Waals surface area contributed by atoms with Crippen molar-refractivity contribution in [2.75, 3.05) is 5.32 Å². The lowest BCUT2D eigenvalue weighted by atomic mass is 10.0. The Morgan fingerprint density at radius 2 is 2.07 bits per heavy atom. The zero-order chi connectivity index (χ0) is 10.3. The van der Waals surface area contributed by atoms with Gasteiger partial charge in [0.25, 0.3) is 5.91 Å². The molecule has 2 rings (SSSR count). The Labute approximate surface area is 87.6 Å². The number of carbonyl (C=O) groups excluding carboxylic acids is 1. The van der Waals surface area contributed by atoms with Crippen LogP contribution in [-0.2, 0) is 4.79 Å². The maximum Gasteiger partial charge on any atom is 0.256 e. The molecule has 0 spiro atoms. The second kappa shape index (κ2) is 3.14. The maximum atomic E-state index is 11.6. The summed E-state index contributed by atoms with van der Waals surface area (Å²) in [6, 6.07) is 5.44. The van der Waals surface area contributed by atoms with Crippen molar-refractivity contribution >= 4 is 28.8 Å². The number of fused-ring (bicyclic) bond motifs is 1. The van der Waals surface area contributed by atoms with Gasteiger partial charge in [-0.05, 0) is 26.0 Å². The fourth-order valence-corrected chi connectivity index (χ4v) is 1.81. The lowest BCUT2D eigenvalue weighted by Gasteiger charge is -1.99. The van der Waals surface area contributed by atoms with E-state index in [9.17, 15) is 4.79 Å². The SMILES string of the molecule is CC(C)=C1C(=O)Nc2cc(Cl)ccc21. The summed E-state index contributed by atoms with van der Waals surface area (Å²) in [4.78, 5) is 11.6. The van der Waals surface area contributed by atoms with Crippen LogP contribution in [0.4, 0.5) is 5.69 Å². The molecule has 1 aromatic carbocycles. The van der Waals surface area contributed by atoms with Gasteiger partial charge in [-0.1, -0.05) is 23.2 Å². The summed E-state index contributed by atoms with van der Waals surface area (Å²) in [5.74, 6) is -0.0396. The third-order valence-electron chi connectivity index (χ3n) is 2.23. The summed E-state index contributed by atoms with van der Waals surface area (Å²) in [7, 11) is 0. The second-order valence-corrected chi connectivity index (χ2v) is 3.96. The molecule has 1 N–H and O–H groups in total. The Kier molecular flexibility index (Phi) is 2.08. The highest BCUT2D eigenvalue weighted by Crippen LogP contribution is 2.35. The van der Waals surface area contributed by atoms with Gasteiger partial charge in [0.15, 0.2) is 0 Å². The summed E-state index contributed by atoms with van der Waals surface area (Å²) >= 11 is 5.83. The number of halogens is 1. The summed E-state index contributed by atoms with van der Waals surface area (Å²) in [5, 5.41) is 3.43. The van der Waals surface area contributed by atoms with E-state index in [1.165, 1.54) is 0 Å². The van der Waals surface area contributed by atoms with Gasteiger partial charge in [0, 0.05) is 16.2 Å². The molecule has 2 nitrogen and oxygen atoms in total. The number of rotatable bonds is 0. The first-order valence-electron chi connectivity index (χ1n) is 4.38. The molecule has 1 heterocycles. The van der Waals surface area contributed by atoms with Gasteiger partial charge in [0.05, 0.1) is 5.69 Å². The van der Waals surface area contributed by atoms with Crippen molar-refractivity contribution in [3.8, 4) is 0 Å². The van der Waals surface area contributed by atoms with Crippen LogP contribution in [0.15, 0.2) is 23.8 Å². The summed E-state index contributed by atoms with van der Waals surface area (Å²) in [6.45, 7) is 3.86. The maximum absolute atomic E-state index is 11.6. The Bertz CT molecular complexity index is 445. The predicted octanol–water partition coefficient (Wildman–Crippen LogP) is 3.09. The van der Waals surface area contributed by atoms with E-state index in [1.807, 2.05) is 19.9 Å². The molecule has 0 fully saturated rings. The molecule has 0 aromatic heterocycles. The van der Waals surface area contributed by atoms with Gasteiger partial charge in [-0.15, -0.1) is 0 Å².